The van der Waals surface area contributed by atoms with Crippen molar-refractivity contribution in [1.29, 1.82) is 0 Å². The van der Waals surface area contributed by atoms with Crippen molar-refractivity contribution in [2.45, 2.75) is 323 Å². The zero-order valence-electron chi connectivity index (χ0n) is 42.3. The van der Waals surface area contributed by atoms with Gasteiger partial charge in [-0.05, 0) is 25.2 Å². The van der Waals surface area contributed by atoms with Crippen LogP contribution in [-0.2, 0) is 28.6 Å². The summed E-state index contributed by atoms with van der Waals surface area (Å²) in [5.41, 5.74) is 0. The van der Waals surface area contributed by atoms with Gasteiger partial charge in [-0.25, -0.2) is 0 Å². The van der Waals surface area contributed by atoms with Gasteiger partial charge in [0.05, 0.1) is 0 Å². The second-order valence-electron chi connectivity index (χ2n) is 19.7. The van der Waals surface area contributed by atoms with E-state index in [0.717, 1.165) is 63.7 Å². The molecule has 0 aromatic heterocycles. The van der Waals surface area contributed by atoms with Crippen molar-refractivity contribution >= 4 is 17.9 Å². The zero-order chi connectivity index (χ0) is 45.2. The molecule has 1 atom stereocenters. The summed E-state index contributed by atoms with van der Waals surface area (Å²) in [5.74, 6) is -0.0607. The number of carbonyl (C=O) groups is 3. The fourth-order valence-electron chi connectivity index (χ4n) is 8.57. The summed E-state index contributed by atoms with van der Waals surface area (Å²) in [6, 6.07) is 0. The van der Waals surface area contributed by atoms with E-state index in [1.165, 1.54) is 212 Å². The maximum atomic E-state index is 12.8. The molecule has 0 saturated heterocycles. The highest BCUT2D eigenvalue weighted by Gasteiger charge is 2.19. The highest BCUT2D eigenvalue weighted by atomic mass is 16.6. The largest absolute Gasteiger partial charge is 0.462 e. The number of rotatable bonds is 51. The number of ether oxygens (including phenoxy) is 3. The molecule has 0 aliphatic heterocycles. The van der Waals surface area contributed by atoms with Crippen molar-refractivity contribution in [1.82, 2.24) is 0 Å². The van der Waals surface area contributed by atoms with Crippen LogP contribution in [0.4, 0.5) is 0 Å². The Bertz CT molecular complexity index is 933. The summed E-state index contributed by atoms with van der Waals surface area (Å²) in [5, 5.41) is 0. The molecular weight excluding hydrogens is 769 g/mol. The highest BCUT2D eigenvalue weighted by molar-refractivity contribution is 5.71. The summed E-state index contributed by atoms with van der Waals surface area (Å²) in [7, 11) is 0. The van der Waals surface area contributed by atoms with E-state index < -0.39 is 6.10 Å². The van der Waals surface area contributed by atoms with Crippen LogP contribution in [-0.4, -0.2) is 37.2 Å². The first kappa shape index (κ1) is 60.4. The molecule has 0 rings (SSSR count). The van der Waals surface area contributed by atoms with Gasteiger partial charge in [0.25, 0.3) is 0 Å². The van der Waals surface area contributed by atoms with Crippen molar-refractivity contribution in [3.05, 3.63) is 0 Å². The number of unbranched alkanes of at least 4 members (excludes halogenated alkanes) is 38. The molecule has 0 N–H and O–H groups in total. The van der Waals surface area contributed by atoms with Crippen LogP contribution in [0, 0.1) is 5.92 Å². The van der Waals surface area contributed by atoms with Crippen molar-refractivity contribution < 1.29 is 28.6 Å². The molecule has 6 heteroatoms. The van der Waals surface area contributed by atoms with Crippen LogP contribution in [0.25, 0.3) is 0 Å². The lowest BCUT2D eigenvalue weighted by Crippen LogP contribution is -2.30. The van der Waals surface area contributed by atoms with Crippen LogP contribution in [0.3, 0.4) is 0 Å². The lowest BCUT2D eigenvalue weighted by atomic mass is 10.0. The third kappa shape index (κ3) is 49.4. The lowest BCUT2D eigenvalue weighted by Gasteiger charge is -2.18. The minimum Gasteiger partial charge on any atom is -0.462 e. The second kappa shape index (κ2) is 50.4. The summed E-state index contributed by atoms with van der Waals surface area (Å²) < 4.78 is 16.8. The van der Waals surface area contributed by atoms with Gasteiger partial charge in [-0.15, -0.1) is 0 Å². The van der Waals surface area contributed by atoms with Gasteiger partial charge in [-0.1, -0.05) is 278 Å². The molecule has 0 unspecified atom stereocenters. The Hall–Kier alpha value is -1.59. The standard InChI is InChI=1S/C56H108O6/c1-5-7-9-11-13-15-17-19-21-23-25-27-29-31-35-39-43-47-54(57)60-50-53(51-61-55(58)48-44-40-37-33-34-38-42-46-52(3)4)62-56(59)49-45-41-36-32-30-28-26-24-22-20-18-16-14-12-10-8-6-2/h52-53H,5-51H2,1-4H3/t53-/m0/s1. The third-order valence-electron chi connectivity index (χ3n) is 12.8. The molecule has 0 aromatic carbocycles. The van der Waals surface area contributed by atoms with Gasteiger partial charge in [-0.3, -0.25) is 14.4 Å². The highest BCUT2D eigenvalue weighted by Crippen LogP contribution is 2.18. The molecule has 0 aliphatic rings. The molecule has 0 aliphatic carbocycles. The quantitative estimate of drug-likeness (QED) is 0.0344. The summed E-state index contributed by atoms with van der Waals surface area (Å²) >= 11 is 0. The van der Waals surface area contributed by atoms with Crippen molar-refractivity contribution in [3.8, 4) is 0 Å². The minimum atomic E-state index is -0.761. The van der Waals surface area contributed by atoms with E-state index in [9.17, 15) is 14.4 Å². The van der Waals surface area contributed by atoms with Crippen LogP contribution >= 0.6 is 0 Å². The first-order chi connectivity index (χ1) is 30.4. The zero-order valence-corrected chi connectivity index (χ0v) is 42.3. The fourth-order valence-corrected chi connectivity index (χ4v) is 8.57. The van der Waals surface area contributed by atoms with Gasteiger partial charge >= 0.3 is 17.9 Å². The number of hydrogen-bond acceptors (Lipinski definition) is 6. The van der Waals surface area contributed by atoms with Crippen molar-refractivity contribution in [2.24, 2.45) is 5.92 Å². The minimum absolute atomic E-state index is 0.0628. The van der Waals surface area contributed by atoms with Gasteiger partial charge in [0.15, 0.2) is 6.10 Å². The summed E-state index contributed by atoms with van der Waals surface area (Å²) in [4.78, 5) is 38.0. The molecule has 0 saturated carbocycles. The van der Waals surface area contributed by atoms with Crippen LogP contribution in [0.5, 0.6) is 0 Å². The van der Waals surface area contributed by atoms with Crippen LogP contribution in [0.1, 0.15) is 317 Å². The van der Waals surface area contributed by atoms with E-state index >= 15 is 0 Å². The molecule has 62 heavy (non-hydrogen) atoms. The topological polar surface area (TPSA) is 78.9 Å². The van der Waals surface area contributed by atoms with Gasteiger partial charge in [0, 0.05) is 19.3 Å². The van der Waals surface area contributed by atoms with Crippen LogP contribution in [0.15, 0.2) is 0 Å². The van der Waals surface area contributed by atoms with Gasteiger partial charge in [0.1, 0.15) is 13.2 Å². The van der Waals surface area contributed by atoms with Gasteiger partial charge in [0.2, 0.25) is 0 Å². The second-order valence-corrected chi connectivity index (χ2v) is 19.7. The number of carbonyl (C=O) groups excluding carboxylic acids is 3. The average Bonchev–Trinajstić information content (AvgIpc) is 3.26. The molecule has 0 fully saturated rings. The summed E-state index contributed by atoms with van der Waals surface area (Å²) in [6.07, 6.45) is 53.9. The lowest BCUT2D eigenvalue weighted by molar-refractivity contribution is -0.167. The predicted octanol–water partition coefficient (Wildman–Crippen LogP) is 18.2. The molecule has 0 heterocycles. The first-order valence-corrected chi connectivity index (χ1v) is 27.9. The van der Waals surface area contributed by atoms with Gasteiger partial charge in [-0.2, -0.15) is 0 Å². The van der Waals surface area contributed by atoms with Crippen molar-refractivity contribution in [3.63, 3.8) is 0 Å². The van der Waals surface area contributed by atoms with E-state index in [-0.39, 0.29) is 31.1 Å². The van der Waals surface area contributed by atoms with Gasteiger partial charge < -0.3 is 14.2 Å². The number of esters is 3. The summed E-state index contributed by atoms with van der Waals surface area (Å²) in [6.45, 7) is 9.00. The molecule has 368 valence electrons. The SMILES string of the molecule is CCCCCCCCCCCCCCCCCCCC(=O)OC[C@@H](COC(=O)CCCCCCCCCC(C)C)OC(=O)CCCCCCCCCCCCCCCCCCC. The maximum absolute atomic E-state index is 12.8. The molecule has 0 bridgehead atoms. The molecular formula is C56H108O6. The van der Waals surface area contributed by atoms with E-state index in [0.29, 0.717) is 19.3 Å². The van der Waals surface area contributed by atoms with E-state index in [1.807, 2.05) is 0 Å². The molecule has 0 radical (unpaired) electrons. The smallest absolute Gasteiger partial charge is 0.306 e. The van der Waals surface area contributed by atoms with E-state index in [1.54, 1.807) is 0 Å². The Kier molecular flexibility index (Phi) is 49.1. The van der Waals surface area contributed by atoms with Crippen LogP contribution < -0.4 is 0 Å². The Morgan fingerprint density at radius 1 is 0.306 bits per heavy atom. The molecule has 0 amide bonds. The Balaban J connectivity index is 4.25. The normalized spacial score (nSPS) is 12.0. The Morgan fingerprint density at radius 3 is 0.790 bits per heavy atom. The molecule has 0 aromatic rings. The first-order valence-electron chi connectivity index (χ1n) is 27.9. The fraction of sp³-hybridized carbons (Fsp3) is 0.946. The van der Waals surface area contributed by atoms with E-state index in [4.69, 9.17) is 14.2 Å². The Labute approximate surface area is 387 Å². The molecule has 0 spiro atoms. The molecule has 6 nitrogen and oxygen atoms in total. The predicted molar refractivity (Wildman–Crippen MR) is 266 cm³/mol. The number of hydrogen-bond donors (Lipinski definition) is 0. The monoisotopic (exact) mass is 877 g/mol. The maximum Gasteiger partial charge on any atom is 0.306 e. The van der Waals surface area contributed by atoms with Crippen molar-refractivity contribution in [2.75, 3.05) is 13.2 Å². The van der Waals surface area contributed by atoms with E-state index in [2.05, 4.69) is 27.7 Å². The Morgan fingerprint density at radius 2 is 0.532 bits per heavy atom. The van der Waals surface area contributed by atoms with Crippen LogP contribution in [0.2, 0.25) is 0 Å². The average molecular weight is 877 g/mol. The third-order valence-corrected chi connectivity index (χ3v) is 12.8.